The number of aryl methyl sites for hydroxylation is 2. The molecule has 0 spiro atoms. The number of anilines is 1. The minimum absolute atomic E-state index is 0.0580. The number of benzene rings is 2. The Morgan fingerprint density at radius 3 is 2.63 bits per heavy atom. The van der Waals surface area contributed by atoms with E-state index in [9.17, 15) is 14.7 Å². The van der Waals surface area contributed by atoms with Crippen LogP contribution in [0, 0.1) is 0 Å². The fraction of sp³-hybridized carbons (Fsp3) is 0.227. The van der Waals surface area contributed by atoms with Crippen molar-refractivity contribution in [1.82, 2.24) is 9.78 Å². The Morgan fingerprint density at radius 1 is 1.13 bits per heavy atom. The van der Waals surface area contributed by atoms with E-state index in [0.717, 1.165) is 11.1 Å². The zero-order chi connectivity index (χ0) is 21.5. The van der Waals surface area contributed by atoms with Crippen molar-refractivity contribution >= 4 is 17.6 Å². The molecule has 156 valence electrons. The Bertz CT molecular complexity index is 1040. The third-order valence-electron chi connectivity index (χ3n) is 4.45. The van der Waals surface area contributed by atoms with Gasteiger partial charge in [0.25, 0.3) is 0 Å². The second kappa shape index (κ2) is 9.60. The smallest absolute Gasteiger partial charge is 0.337 e. The molecule has 0 fully saturated rings. The largest absolute Gasteiger partial charge is 0.493 e. The fourth-order valence-corrected chi connectivity index (χ4v) is 2.94. The molecule has 1 aromatic heterocycles. The minimum Gasteiger partial charge on any atom is -0.493 e. The van der Waals surface area contributed by atoms with E-state index in [1.54, 1.807) is 36.2 Å². The molecule has 0 aliphatic rings. The molecule has 0 atom stereocenters. The lowest BCUT2D eigenvalue weighted by molar-refractivity contribution is -0.116. The SMILES string of the molecule is COc1cc(CCC(=O)Nc2ccccc2C(=O)O)ccc1OCc1cnn(C)c1. The average molecular weight is 409 g/mol. The van der Waals surface area contributed by atoms with Crippen molar-refractivity contribution in [3.63, 3.8) is 0 Å². The Hall–Kier alpha value is -3.81. The van der Waals surface area contributed by atoms with Gasteiger partial charge in [-0.2, -0.15) is 5.10 Å². The van der Waals surface area contributed by atoms with Crippen molar-refractivity contribution in [2.45, 2.75) is 19.4 Å². The number of carboxylic acid groups (broad SMARTS) is 1. The van der Waals surface area contributed by atoms with Crippen LogP contribution in [-0.4, -0.2) is 33.9 Å². The van der Waals surface area contributed by atoms with E-state index in [2.05, 4.69) is 10.4 Å². The monoisotopic (exact) mass is 409 g/mol. The molecular weight excluding hydrogens is 386 g/mol. The second-order valence-corrected chi connectivity index (χ2v) is 6.70. The van der Waals surface area contributed by atoms with Crippen molar-refractivity contribution in [3.05, 3.63) is 71.5 Å². The number of amides is 1. The van der Waals surface area contributed by atoms with Crippen LogP contribution in [0.1, 0.15) is 27.9 Å². The lowest BCUT2D eigenvalue weighted by atomic mass is 10.1. The summed E-state index contributed by atoms with van der Waals surface area (Å²) < 4.78 is 12.9. The number of rotatable bonds is 9. The summed E-state index contributed by atoms with van der Waals surface area (Å²) in [4.78, 5) is 23.5. The van der Waals surface area contributed by atoms with Crippen LogP contribution in [0.15, 0.2) is 54.9 Å². The molecule has 0 aliphatic heterocycles. The molecule has 0 bridgehead atoms. The summed E-state index contributed by atoms with van der Waals surface area (Å²) in [5, 5.41) is 16.0. The van der Waals surface area contributed by atoms with E-state index in [1.807, 2.05) is 31.4 Å². The first-order chi connectivity index (χ1) is 14.5. The molecule has 3 aromatic rings. The Morgan fingerprint density at radius 2 is 1.93 bits per heavy atom. The fourth-order valence-electron chi connectivity index (χ4n) is 2.94. The molecule has 1 amide bonds. The normalized spacial score (nSPS) is 10.5. The topological polar surface area (TPSA) is 103 Å². The standard InChI is InChI=1S/C22H23N3O5/c1-25-13-16(12-23-25)14-30-19-9-7-15(11-20(19)29-2)8-10-21(26)24-18-6-4-3-5-17(18)22(27)28/h3-7,9,11-13H,8,10,14H2,1-2H3,(H,24,26)(H,27,28). The molecule has 0 aliphatic carbocycles. The van der Waals surface area contributed by atoms with E-state index in [4.69, 9.17) is 9.47 Å². The summed E-state index contributed by atoms with van der Waals surface area (Å²) >= 11 is 0. The Kier molecular flexibility index (Phi) is 6.69. The number of para-hydroxylation sites is 1. The summed E-state index contributed by atoms with van der Waals surface area (Å²) in [7, 11) is 3.40. The molecule has 0 unspecified atom stereocenters. The highest BCUT2D eigenvalue weighted by Gasteiger charge is 2.13. The summed E-state index contributed by atoms with van der Waals surface area (Å²) in [6, 6.07) is 11.8. The average Bonchev–Trinajstić information content (AvgIpc) is 3.16. The number of nitrogens with zero attached hydrogens (tertiary/aromatic N) is 2. The third kappa shape index (κ3) is 5.38. The maximum absolute atomic E-state index is 12.3. The maximum atomic E-state index is 12.3. The number of carboxylic acids is 1. The zero-order valence-electron chi connectivity index (χ0n) is 16.8. The predicted molar refractivity (Wildman–Crippen MR) is 111 cm³/mol. The summed E-state index contributed by atoms with van der Waals surface area (Å²) in [6.45, 7) is 0.370. The molecular formula is C22H23N3O5. The quantitative estimate of drug-likeness (QED) is 0.562. The van der Waals surface area contributed by atoms with E-state index >= 15 is 0 Å². The number of hydrogen-bond donors (Lipinski definition) is 2. The second-order valence-electron chi connectivity index (χ2n) is 6.70. The van der Waals surface area contributed by atoms with Crippen LogP contribution >= 0.6 is 0 Å². The van der Waals surface area contributed by atoms with Crippen LogP contribution in [0.2, 0.25) is 0 Å². The van der Waals surface area contributed by atoms with Gasteiger partial charge < -0.3 is 19.9 Å². The van der Waals surface area contributed by atoms with Gasteiger partial charge in [-0.1, -0.05) is 18.2 Å². The zero-order valence-corrected chi connectivity index (χ0v) is 16.8. The molecule has 2 N–H and O–H groups in total. The summed E-state index contributed by atoms with van der Waals surface area (Å²) in [5.41, 5.74) is 2.19. The molecule has 0 saturated carbocycles. The number of carbonyl (C=O) groups excluding carboxylic acids is 1. The van der Waals surface area contributed by atoms with E-state index in [-0.39, 0.29) is 23.6 Å². The number of ether oxygens (including phenoxy) is 2. The first-order valence-corrected chi connectivity index (χ1v) is 9.35. The van der Waals surface area contributed by atoms with Crippen molar-refractivity contribution in [3.8, 4) is 11.5 Å². The van der Waals surface area contributed by atoms with Gasteiger partial charge in [0.05, 0.1) is 24.6 Å². The summed E-state index contributed by atoms with van der Waals surface area (Å²) in [5.74, 6) is -0.171. The van der Waals surface area contributed by atoms with Crippen molar-refractivity contribution < 1.29 is 24.2 Å². The number of aromatic nitrogens is 2. The van der Waals surface area contributed by atoms with Gasteiger partial charge in [0.1, 0.15) is 6.61 Å². The van der Waals surface area contributed by atoms with Crippen LogP contribution in [0.4, 0.5) is 5.69 Å². The van der Waals surface area contributed by atoms with Gasteiger partial charge >= 0.3 is 5.97 Å². The maximum Gasteiger partial charge on any atom is 0.337 e. The van der Waals surface area contributed by atoms with Gasteiger partial charge in [-0.05, 0) is 36.2 Å². The molecule has 30 heavy (non-hydrogen) atoms. The molecule has 0 radical (unpaired) electrons. The highest BCUT2D eigenvalue weighted by atomic mass is 16.5. The summed E-state index contributed by atoms with van der Waals surface area (Å²) in [6.07, 6.45) is 4.29. The lowest BCUT2D eigenvalue weighted by Gasteiger charge is -2.12. The molecule has 0 saturated heterocycles. The Labute approximate surface area is 174 Å². The molecule has 3 rings (SSSR count). The highest BCUT2D eigenvalue weighted by molar-refractivity contribution is 6.00. The molecule has 8 heteroatoms. The molecule has 1 heterocycles. The number of aromatic carboxylic acids is 1. The van der Waals surface area contributed by atoms with Crippen LogP contribution in [0.5, 0.6) is 11.5 Å². The van der Waals surface area contributed by atoms with Crippen LogP contribution < -0.4 is 14.8 Å². The van der Waals surface area contributed by atoms with Gasteiger partial charge in [0.15, 0.2) is 11.5 Å². The van der Waals surface area contributed by atoms with Crippen molar-refractivity contribution in [2.75, 3.05) is 12.4 Å². The van der Waals surface area contributed by atoms with Crippen LogP contribution in [0.3, 0.4) is 0 Å². The highest BCUT2D eigenvalue weighted by Crippen LogP contribution is 2.29. The Balaban J connectivity index is 1.59. The van der Waals surface area contributed by atoms with Gasteiger partial charge in [0, 0.05) is 25.2 Å². The minimum atomic E-state index is -1.09. The van der Waals surface area contributed by atoms with Gasteiger partial charge in [-0.25, -0.2) is 4.79 Å². The van der Waals surface area contributed by atoms with Crippen LogP contribution in [-0.2, 0) is 24.9 Å². The van der Waals surface area contributed by atoms with Crippen molar-refractivity contribution in [1.29, 1.82) is 0 Å². The number of carbonyl (C=O) groups is 2. The molecule has 8 nitrogen and oxygen atoms in total. The number of methoxy groups -OCH3 is 1. The van der Waals surface area contributed by atoms with Crippen LogP contribution in [0.25, 0.3) is 0 Å². The molecule has 2 aromatic carbocycles. The number of nitrogens with one attached hydrogen (secondary N) is 1. The number of hydrogen-bond acceptors (Lipinski definition) is 5. The van der Waals surface area contributed by atoms with Gasteiger partial charge in [-0.15, -0.1) is 0 Å². The van der Waals surface area contributed by atoms with Gasteiger partial charge in [-0.3, -0.25) is 9.48 Å². The van der Waals surface area contributed by atoms with E-state index in [0.29, 0.717) is 24.5 Å². The van der Waals surface area contributed by atoms with Crippen molar-refractivity contribution in [2.24, 2.45) is 7.05 Å². The predicted octanol–water partition coefficient (Wildman–Crippen LogP) is 3.28. The van der Waals surface area contributed by atoms with E-state index < -0.39 is 5.97 Å². The lowest BCUT2D eigenvalue weighted by Crippen LogP contribution is -2.15. The third-order valence-corrected chi connectivity index (χ3v) is 4.45. The first kappa shape index (κ1) is 20.9. The van der Waals surface area contributed by atoms with E-state index in [1.165, 1.54) is 6.07 Å². The van der Waals surface area contributed by atoms with Gasteiger partial charge in [0.2, 0.25) is 5.91 Å². The first-order valence-electron chi connectivity index (χ1n) is 9.35.